The number of esters is 1. The summed E-state index contributed by atoms with van der Waals surface area (Å²) in [7, 11) is 0. The van der Waals surface area contributed by atoms with Gasteiger partial charge in [-0.05, 0) is 75.9 Å². The van der Waals surface area contributed by atoms with Gasteiger partial charge in [0.2, 0.25) is 5.88 Å². The number of ether oxygens (including phenoxy) is 3. The molecule has 1 atom stereocenters. The largest absolute Gasteiger partial charge is 0.482 e. The van der Waals surface area contributed by atoms with Crippen LogP contribution in [0.2, 0.25) is 0 Å². The summed E-state index contributed by atoms with van der Waals surface area (Å²) in [6.45, 7) is 10.6. The van der Waals surface area contributed by atoms with Crippen molar-refractivity contribution in [2.75, 3.05) is 26.2 Å². The third-order valence-electron chi connectivity index (χ3n) is 7.54. The Balaban J connectivity index is 1.11. The van der Waals surface area contributed by atoms with E-state index in [-0.39, 0.29) is 24.7 Å². The first-order valence-electron chi connectivity index (χ1n) is 14.6. The number of likely N-dealkylation sites (tertiary alicyclic amines) is 1. The first-order chi connectivity index (χ1) is 20.1. The van der Waals surface area contributed by atoms with Gasteiger partial charge in [0.1, 0.15) is 17.1 Å². The minimum absolute atomic E-state index is 0.0425. The fraction of sp³-hybridized carbons (Fsp3) is 0.424. The summed E-state index contributed by atoms with van der Waals surface area (Å²) in [6.07, 6.45) is 1.89. The lowest BCUT2D eigenvalue weighted by Crippen LogP contribution is -2.46. The molecule has 9 heteroatoms. The predicted molar refractivity (Wildman–Crippen MR) is 160 cm³/mol. The summed E-state index contributed by atoms with van der Waals surface area (Å²) in [5.74, 6) is 1.28. The van der Waals surface area contributed by atoms with Gasteiger partial charge in [-0.3, -0.25) is 4.90 Å². The molecule has 3 aromatic rings. The van der Waals surface area contributed by atoms with E-state index in [0.29, 0.717) is 23.9 Å². The number of carbonyl (C=O) groups excluding carboxylic acids is 2. The Morgan fingerprint density at radius 2 is 1.67 bits per heavy atom. The fourth-order valence-corrected chi connectivity index (χ4v) is 5.51. The van der Waals surface area contributed by atoms with Crippen LogP contribution in [0.1, 0.15) is 56.5 Å². The zero-order chi connectivity index (χ0) is 29.7. The van der Waals surface area contributed by atoms with Crippen molar-refractivity contribution in [3.8, 4) is 17.4 Å². The number of rotatable bonds is 9. The number of piperidine rings is 1. The van der Waals surface area contributed by atoms with Crippen molar-refractivity contribution >= 4 is 12.0 Å². The number of carbonyl (C=O) groups is 2. The van der Waals surface area contributed by atoms with E-state index in [2.05, 4.69) is 38.3 Å². The number of amides is 2. The molecule has 1 N–H and O–H groups in total. The first-order valence-corrected chi connectivity index (χ1v) is 14.6. The van der Waals surface area contributed by atoms with E-state index in [9.17, 15) is 9.59 Å². The molecule has 1 unspecified atom stereocenters. The molecule has 2 amide bonds. The van der Waals surface area contributed by atoms with Crippen molar-refractivity contribution in [3.05, 3.63) is 83.6 Å². The minimum atomic E-state index is -0.546. The van der Waals surface area contributed by atoms with Gasteiger partial charge in [0.05, 0.1) is 6.04 Å². The van der Waals surface area contributed by atoms with Gasteiger partial charge in [0.25, 0.3) is 0 Å². The first kappa shape index (κ1) is 29.4. The highest BCUT2D eigenvalue weighted by atomic mass is 16.6. The Bertz CT molecular complexity index is 1370. The molecule has 42 heavy (non-hydrogen) atoms. The molecule has 222 valence electrons. The lowest BCUT2D eigenvalue weighted by molar-refractivity contribution is -0.157. The highest BCUT2D eigenvalue weighted by Gasteiger charge is 2.38. The van der Waals surface area contributed by atoms with Gasteiger partial charge in [-0.15, -0.1) is 0 Å². The number of pyridine rings is 1. The number of aromatic nitrogens is 1. The molecule has 0 aliphatic carbocycles. The number of benzene rings is 2. The number of urea groups is 1. The maximum atomic E-state index is 12.7. The van der Waals surface area contributed by atoms with E-state index < -0.39 is 11.6 Å². The van der Waals surface area contributed by atoms with E-state index in [0.717, 1.165) is 43.7 Å². The second-order valence-electron chi connectivity index (χ2n) is 11.9. The quantitative estimate of drug-likeness (QED) is 0.332. The number of hydrogen-bond acceptors (Lipinski definition) is 7. The topological polar surface area (TPSA) is 93.2 Å². The molecule has 0 spiro atoms. The molecule has 2 aliphatic heterocycles. The summed E-state index contributed by atoms with van der Waals surface area (Å²) in [5.41, 5.74) is 2.72. The van der Waals surface area contributed by atoms with Crippen LogP contribution in [-0.2, 0) is 16.1 Å². The Morgan fingerprint density at radius 1 is 0.976 bits per heavy atom. The van der Waals surface area contributed by atoms with Crippen LogP contribution >= 0.6 is 0 Å². The molecule has 5 rings (SSSR count). The van der Waals surface area contributed by atoms with Crippen LogP contribution < -0.4 is 14.8 Å². The van der Waals surface area contributed by atoms with Gasteiger partial charge >= 0.3 is 12.0 Å². The predicted octanol–water partition coefficient (Wildman–Crippen LogP) is 5.63. The van der Waals surface area contributed by atoms with Crippen molar-refractivity contribution in [2.45, 2.75) is 64.8 Å². The monoisotopic (exact) mass is 572 g/mol. The summed E-state index contributed by atoms with van der Waals surface area (Å²) in [5, 5.41) is 3.05. The lowest BCUT2D eigenvalue weighted by atomic mass is 9.98. The van der Waals surface area contributed by atoms with E-state index in [1.165, 1.54) is 5.56 Å². The van der Waals surface area contributed by atoms with E-state index in [4.69, 9.17) is 14.2 Å². The standard InChI is InChI=1S/C33H40N4O5/c1-23-25(10-15-30(35-23)41-28-13-11-27(12-14-28)40-22-31(38)42-33(2,3)4)21-36-18-16-26(17-19-36)37-29(20-34-32(37)39)24-8-6-5-7-9-24/h5-15,26,29H,16-22H2,1-4H3,(H,34,39). The summed E-state index contributed by atoms with van der Waals surface area (Å²) in [4.78, 5) is 33.7. The van der Waals surface area contributed by atoms with Crippen molar-refractivity contribution in [2.24, 2.45) is 0 Å². The maximum absolute atomic E-state index is 12.7. The average molecular weight is 573 g/mol. The van der Waals surface area contributed by atoms with Crippen LogP contribution in [-0.4, -0.2) is 64.7 Å². The second kappa shape index (κ2) is 12.8. The SMILES string of the molecule is Cc1nc(Oc2ccc(OCC(=O)OC(C)(C)C)cc2)ccc1CN1CCC(N2C(=O)NCC2c2ccccc2)CC1. The molecule has 0 saturated carbocycles. The van der Waals surface area contributed by atoms with Crippen LogP contribution in [0.5, 0.6) is 17.4 Å². The highest BCUT2D eigenvalue weighted by molar-refractivity contribution is 5.77. The van der Waals surface area contributed by atoms with Crippen molar-refractivity contribution in [3.63, 3.8) is 0 Å². The summed E-state index contributed by atoms with van der Waals surface area (Å²) < 4.78 is 16.7. The second-order valence-corrected chi connectivity index (χ2v) is 11.9. The summed E-state index contributed by atoms with van der Waals surface area (Å²) in [6, 6.07) is 21.7. The smallest absolute Gasteiger partial charge is 0.344 e. The van der Waals surface area contributed by atoms with Crippen LogP contribution in [0.4, 0.5) is 4.79 Å². The van der Waals surface area contributed by atoms with Gasteiger partial charge in [-0.1, -0.05) is 36.4 Å². The van der Waals surface area contributed by atoms with E-state index in [1.807, 2.05) is 52.0 Å². The zero-order valence-electron chi connectivity index (χ0n) is 24.8. The zero-order valence-corrected chi connectivity index (χ0v) is 24.8. The van der Waals surface area contributed by atoms with Crippen LogP contribution in [0.3, 0.4) is 0 Å². The maximum Gasteiger partial charge on any atom is 0.344 e. The molecule has 3 heterocycles. The number of aryl methyl sites for hydroxylation is 1. The van der Waals surface area contributed by atoms with Crippen molar-refractivity contribution in [1.29, 1.82) is 0 Å². The van der Waals surface area contributed by atoms with Gasteiger partial charge in [-0.25, -0.2) is 14.6 Å². The Hall–Kier alpha value is -4.11. The molecular weight excluding hydrogens is 532 g/mol. The van der Waals surface area contributed by atoms with Gasteiger partial charge in [-0.2, -0.15) is 0 Å². The molecule has 1 aromatic heterocycles. The van der Waals surface area contributed by atoms with Crippen LogP contribution in [0, 0.1) is 6.92 Å². The van der Waals surface area contributed by atoms with Gasteiger partial charge in [0.15, 0.2) is 6.61 Å². The molecule has 2 aliphatic rings. The van der Waals surface area contributed by atoms with E-state index >= 15 is 0 Å². The van der Waals surface area contributed by atoms with Crippen molar-refractivity contribution in [1.82, 2.24) is 20.1 Å². The Kier molecular flexibility index (Phi) is 8.97. The molecular formula is C33H40N4O5. The fourth-order valence-electron chi connectivity index (χ4n) is 5.51. The Morgan fingerprint density at radius 3 is 2.33 bits per heavy atom. The average Bonchev–Trinajstić information content (AvgIpc) is 3.35. The third-order valence-corrected chi connectivity index (χ3v) is 7.54. The highest BCUT2D eigenvalue weighted by Crippen LogP contribution is 2.31. The third kappa shape index (κ3) is 7.59. The number of nitrogens with one attached hydrogen (secondary N) is 1. The number of nitrogens with zero attached hydrogens (tertiary/aromatic N) is 3. The van der Waals surface area contributed by atoms with Crippen LogP contribution in [0.15, 0.2) is 66.7 Å². The van der Waals surface area contributed by atoms with E-state index in [1.54, 1.807) is 24.3 Å². The molecule has 2 saturated heterocycles. The Labute approximate surface area is 247 Å². The molecule has 9 nitrogen and oxygen atoms in total. The normalized spacial score (nSPS) is 18.0. The van der Waals surface area contributed by atoms with Crippen LogP contribution in [0.25, 0.3) is 0 Å². The molecule has 2 fully saturated rings. The minimum Gasteiger partial charge on any atom is -0.482 e. The lowest BCUT2D eigenvalue weighted by Gasteiger charge is -2.38. The molecule has 2 aromatic carbocycles. The summed E-state index contributed by atoms with van der Waals surface area (Å²) >= 11 is 0. The van der Waals surface area contributed by atoms with Gasteiger partial charge in [0, 0.05) is 44.0 Å². The number of hydrogen-bond donors (Lipinski definition) is 1. The van der Waals surface area contributed by atoms with Crippen molar-refractivity contribution < 1.29 is 23.8 Å². The molecule has 0 radical (unpaired) electrons. The molecule has 0 bridgehead atoms. The van der Waals surface area contributed by atoms with Gasteiger partial charge < -0.3 is 24.4 Å².